The number of rotatable bonds is 7. The largest absolute Gasteiger partial charge is 0.491 e. The number of ether oxygens (including phenoxy) is 1. The van der Waals surface area contributed by atoms with Crippen LogP contribution in [0.3, 0.4) is 0 Å². The third kappa shape index (κ3) is 5.17. The van der Waals surface area contributed by atoms with Gasteiger partial charge in [-0.05, 0) is 31.5 Å². The summed E-state index contributed by atoms with van der Waals surface area (Å²) in [6.45, 7) is 4.49. The summed E-state index contributed by atoms with van der Waals surface area (Å²) in [5, 5.41) is 5.83. The molecule has 0 aliphatic rings. The molecular formula is C21H22N2O2S. The van der Waals surface area contributed by atoms with Crippen LogP contribution in [0.4, 0.5) is 0 Å². The average molecular weight is 366 g/mol. The molecule has 5 heteroatoms. The van der Waals surface area contributed by atoms with Gasteiger partial charge >= 0.3 is 0 Å². The van der Waals surface area contributed by atoms with Crippen LogP contribution in [-0.2, 0) is 17.8 Å². The van der Waals surface area contributed by atoms with E-state index in [1.165, 1.54) is 0 Å². The maximum Gasteiger partial charge on any atom is 0.226 e. The fourth-order valence-corrected chi connectivity index (χ4v) is 3.31. The third-order valence-corrected chi connectivity index (χ3v) is 4.64. The Morgan fingerprint density at radius 2 is 1.85 bits per heavy atom. The van der Waals surface area contributed by atoms with Crippen LogP contribution in [0.5, 0.6) is 5.75 Å². The van der Waals surface area contributed by atoms with Crippen LogP contribution >= 0.6 is 11.3 Å². The lowest BCUT2D eigenvalue weighted by molar-refractivity contribution is -0.120. The first-order chi connectivity index (χ1) is 12.6. The Bertz CT molecular complexity index is 842. The molecule has 0 saturated heterocycles. The van der Waals surface area contributed by atoms with Crippen LogP contribution in [0.2, 0.25) is 0 Å². The van der Waals surface area contributed by atoms with Crippen molar-refractivity contribution in [3.05, 3.63) is 71.2 Å². The number of nitrogens with one attached hydrogen (secondary N) is 1. The molecule has 0 saturated carbocycles. The smallest absolute Gasteiger partial charge is 0.226 e. The molecule has 134 valence electrons. The maximum absolute atomic E-state index is 12.2. The quantitative estimate of drug-likeness (QED) is 0.672. The van der Waals surface area contributed by atoms with Crippen molar-refractivity contribution in [1.82, 2.24) is 10.3 Å². The van der Waals surface area contributed by atoms with Crippen molar-refractivity contribution in [2.24, 2.45) is 0 Å². The molecule has 0 bridgehead atoms. The fraction of sp³-hybridized carbons (Fsp3) is 0.238. The molecule has 0 atom stereocenters. The standard InChI is InChI=1S/C21H22N2O2S/c1-15(2)25-19-10-8-16(9-11-19)13-22-20(24)12-18-14-26-21(23-18)17-6-4-3-5-7-17/h3-11,14-15H,12-13H2,1-2H3,(H,22,24). The Morgan fingerprint density at radius 1 is 1.12 bits per heavy atom. The van der Waals surface area contributed by atoms with Crippen LogP contribution in [0.25, 0.3) is 10.6 Å². The number of aromatic nitrogens is 1. The van der Waals surface area contributed by atoms with Crippen molar-refractivity contribution in [2.75, 3.05) is 0 Å². The van der Waals surface area contributed by atoms with Gasteiger partial charge in [-0.25, -0.2) is 4.98 Å². The predicted octanol–water partition coefficient (Wildman–Crippen LogP) is 4.46. The molecule has 1 aromatic heterocycles. The highest BCUT2D eigenvalue weighted by atomic mass is 32.1. The van der Waals surface area contributed by atoms with E-state index >= 15 is 0 Å². The number of nitrogens with zero attached hydrogens (tertiary/aromatic N) is 1. The first kappa shape index (κ1) is 18.1. The highest BCUT2D eigenvalue weighted by molar-refractivity contribution is 7.13. The van der Waals surface area contributed by atoms with Gasteiger partial charge in [0.25, 0.3) is 0 Å². The molecule has 1 heterocycles. The van der Waals surface area contributed by atoms with Gasteiger partial charge < -0.3 is 10.1 Å². The van der Waals surface area contributed by atoms with E-state index in [-0.39, 0.29) is 18.4 Å². The van der Waals surface area contributed by atoms with E-state index < -0.39 is 0 Å². The van der Waals surface area contributed by atoms with Crippen molar-refractivity contribution in [3.8, 4) is 16.3 Å². The van der Waals surface area contributed by atoms with Gasteiger partial charge in [-0.2, -0.15) is 0 Å². The lowest BCUT2D eigenvalue weighted by Crippen LogP contribution is -2.24. The number of amides is 1. The second-order valence-corrected chi connectivity index (χ2v) is 7.13. The number of hydrogen-bond acceptors (Lipinski definition) is 4. The molecule has 26 heavy (non-hydrogen) atoms. The van der Waals surface area contributed by atoms with Crippen molar-refractivity contribution < 1.29 is 9.53 Å². The SMILES string of the molecule is CC(C)Oc1ccc(CNC(=O)Cc2csc(-c3ccccc3)n2)cc1. The van der Waals surface area contributed by atoms with Gasteiger partial charge in [-0.3, -0.25) is 4.79 Å². The van der Waals surface area contributed by atoms with Crippen molar-refractivity contribution >= 4 is 17.2 Å². The van der Waals surface area contributed by atoms with Crippen molar-refractivity contribution in [1.29, 1.82) is 0 Å². The van der Waals surface area contributed by atoms with E-state index in [9.17, 15) is 4.79 Å². The highest BCUT2D eigenvalue weighted by Crippen LogP contribution is 2.23. The lowest BCUT2D eigenvalue weighted by atomic mass is 10.2. The van der Waals surface area contributed by atoms with Gasteiger partial charge in [0, 0.05) is 17.5 Å². The Labute approximate surface area is 157 Å². The van der Waals surface area contributed by atoms with Crippen LogP contribution in [0, 0.1) is 0 Å². The van der Waals surface area contributed by atoms with Gasteiger partial charge in [-0.1, -0.05) is 42.5 Å². The minimum absolute atomic E-state index is 0.0302. The molecule has 3 aromatic rings. The summed E-state index contributed by atoms with van der Waals surface area (Å²) >= 11 is 1.56. The number of hydrogen-bond donors (Lipinski definition) is 1. The van der Waals surface area contributed by atoms with Crippen LogP contribution < -0.4 is 10.1 Å². The monoisotopic (exact) mass is 366 g/mol. The average Bonchev–Trinajstić information content (AvgIpc) is 3.10. The molecule has 0 aliphatic heterocycles. The van der Waals surface area contributed by atoms with Gasteiger partial charge in [0.05, 0.1) is 18.2 Å². The van der Waals surface area contributed by atoms with Gasteiger partial charge in [0.1, 0.15) is 10.8 Å². The summed E-state index contributed by atoms with van der Waals surface area (Å²) in [5.74, 6) is 0.809. The van der Waals surface area contributed by atoms with Gasteiger partial charge in [-0.15, -0.1) is 11.3 Å². The number of thiazole rings is 1. The molecule has 4 nitrogen and oxygen atoms in total. The molecule has 1 N–H and O–H groups in total. The molecule has 0 fully saturated rings. The van der Waals surface area contributed by atoms with E-state index in [2.05, 4.69) is 10.3 Å². The zero-order chi connectivity index (χ0) is 18.4. The Balaban J connectivity index is 1.51. The fourth-order valence-electron chi connectivity index (χ4n) is 2.49. The normalized spacial score (nSPS) is 10.7. The highest BCUT2D eigenvalue weighted by Gasteiger charge is 2.09. The molecule has 1 amide bonds. The lowest BCUT2D eigenvalue weighted by Gasteiger charge is -2.10. The Kier molecular flexibility index (Phi) is 6.02. The van der Waals surface area contributed by atoms with Crippen molar-refractivity contribution in [2.45, 2.75) is 32.9 Å². The van der Waals surface area contributed by atoms with Crippen LogP contribution in [-0.4, -0.2) is 17.0 Å². The summed E-state index contributed by atoms with van der Waals surface area (Å²) in [5.41, 5.74) is 2.91. The van der Waals surface area contributed by atoms with E-state index in [0.717, 1.165) is 27.6 Å². The zero-order valence-electron chi connectivity index (χ0n) is 14.9. The van der Waals surface area contributed by atoms with E-state index in [1.807, 2.05) is 73.8 Å². The van der Waals surface area contributed by atoms with Gasteiger partial charge in [0.15, 0.2) is 0 Å². The maximum atomic E-state index is 12.2. The zero-order valence-corrected chi connectivity index (χ0v) is 15.8. The van der Waals surface area contributed by atoms with Crippen molar-refractivity contribution in [3.63, 3.8) is 0 Å². The van der Waals surface area contributed by atoms with Gasteiger partial charge in [0.2, 0.25) is 5.91 Å². The summed E-state index contributed by atoms with van der Waals surface area (Å²) < 4.78 is 5.62. The predicted molar refractivity (Wildman–Crippen MR) is 105 cm³/mol. The number of carbonyl (C=O) groups is 1. The summed E-state index contributed by atoms with van der Waals surface area (Å²) in [4.78, 5) is 16.7. The van der Waals surface area contributed by atoms with E-state index in [4.69, 9.17) is 4.74 Å². The second kappa shape index (κ2) is 8.63. The van der Waals surface area contributed by atoms with Crippen LogP contribution in [0.1, 0.15) is 25.1 Å². The summed E-state index contributed by atoms with van der Waals surface area (Å²) in [6.07, 6.45) is 0.442. The molecule has 0 aliphatic carbocycles. The van der Waals surface area contributed by atoms with E-state index in [1.54, 1.807) is 11.3 Å². The summed E-state index contributed by atoms with van der Waals surface area (Å²) in [6, 6.07) is 17.8. The minimum Gasteiger partial charge on any atom is -0.491 e. The molecule has 0 radical (unpaired) electrons. The Morgan fingerprint density at radius 3 is 2.54 bits per heavy atom. The van der Waals surface area contributed by atoms with E-state index in [0.29, 0.717) is 6.54 Å². The molecule has 3 rings (SSSR count). The topological polar surface area (TPSA) is 51.2 Å². The number of benzene rings is 2. The molecule has 2 aromatic carbocycles. The summed E-state index contributed by atoms with van der Waals surface area (Å²) in [7, 11) is 0. The molecular weight excluding hydrogens is 344 g/mol. The minimum atomic E-state index is -0.0302. The first-order valence-electron chi connectivity index (χ1n) is 8.62. The third-order valence-electron chi connectivity index (χ3n) is 3.70. The number of carbonyl (C=O) groups excluding carboxylic acids is 1. The molecule has 0 spiro atoms. The van der Waals surface area contributed by atoms with Crippen LogP contribution in [0.15, 0.2) is 60.0 Å². The Hall–Kier alpha value is -2.66. The first-order valence-corrected chi connectivity index (χ1v) is 9.50. The second-order valence-electron chi connectivity index (χ2n) is 6.27. The molecule has 0 unspecified atom stereocenters.